The Kier molecular flexibility index (Phi) is 7.26. The zero-order chi connectivity index (χ0) is 7.82. The minimum atomic E-state index is -0.380. The van der Waals surface area contributed by atoms with Crippen molar-refractivity contribution in [1.82, 2.24) is 5.48 Å². The van der Waals surface area contributed by atoms with E-state index in [1.54, 1.807) is 0 Å². The van der Waals surface area contributed by atoms with E-state index in [4.69, 9.17) is 10.9 Å². The largest absolute Gasteiger partial charge is 0.330 e. The van der Waals surface area contributed by atoms with E-state index in [9.17, 15) is 4.79 Å². The predicted molar refractivity (Wildman–Crippen MR) is 43.9 cm³/mol. The molecule has 0 aliphatic heterocycles. The van der Waals surface area contributed by atoms with Crippen molar-refractivity contribution in [3.8, 4) is 0 Å². The third kappa shape index (κ3) is 6.21. The Morgan fingerprint density at radius 1 is 1.60 bits per heavy atom. The molecule has 60 valence electrons. The Balaban J connectivity index is 2.96. The molecule has 0 radical (unpaired) electrons. The number of hydrogen-bond acceptors (Lipinski definition) is 5. The summed E-state index contributed by atoms with van der Waals surface area (Å²) in [5.41, 5.74) is 6.73. The number of carbonyl (C=O) groups excluding carboxylic acids is 1. The molecule has 0 aromatic heterocycles. The van der Waals surface area contributed by atoms with Crippen LogP contribution in [-0.4, -0.2) is 29.2 Å². The summed E-state index contributed by atoms with van der Waals surface area (Å²) < 4.78 is 0. The topological polar surface area (TPSA) is 75.4 Å². The first-order valence-corrected chi connectivity index (χ1v) is 5.17. The highest BCUT2D eigenvalue weighted by Gasteiger charge is 1.97. The van der Waals surface area contributed by atoms with Crippen molar-refractivity contribution in [2.45, 2.75) is 0 Å². The minimum absolute atomic E-state index is 0.265. The zero-order valence-corrected chi connectivity index (χ0v) is 7.00. The number of nitrogens with one attached hydrogen (secondary N) is 1. The fourth-order valence-electron chi connectivity index (χ4n) is 0.234. The summed E-state index contributed by atoms with van der Waals surface area (Å²) in [6.45, 7) is 0.610. The van der Waals surface area contributed by atoms with Crippen LogP contribution in [0.5, 0.6) is 0 Å². The first-order chi connectivity index (χ1) is 4.81. The lowest BCUT2D eigenvalue weighted by Crippen LogP contribution is -2.20. The number of nitrogens with two attached hydrogens (primary N) is 1. The maximum atomic E-state index is 10.3. The van der Waals surface area contributed by atoms with Gasteiger partial charge in [0.05, 0.1) is 5.75 Å². The van der Waals surface area contributed by atoms with E-state index in [1.807, 2.05) is 0 Å². The summed E-state index contributed by atoms with van der Waals surface area (Å²) in [5.74, 6) is 0.708. The second-order valence-electron chi connectivity index (χ2n) is 1.41. The third-order valence-corrected chi connectivity index (χ3v) is 2.90. The van der Waals surface area contributed by atoms with Gasteiger partial charge in [-0.25, -0.2) is 5.48 Å². The molecule has 0 saturated carbocycles. The lowest BCUT2D eigenvalue weighted by Gasteiger charge is -1.96. The molecular weight excluding hydrogens is 172 g/mol. The minimum Gasteiger partial charge on any atom is -0.330 e. The first-order valence-electron chi connectivity index (χ1n) is 2.68. The SMILES string of the molecule is NCCSSCC(=O)NO. The van der Waals surface area contributed by atoms with E-state index in [-0.39, 0.29) is 11.7 Å². The lowest BCUT2D eigenvalue weighted by atomic mass is 10.8. The van der Waals surface area contributed by atoms with Crippen LogP contribution in [0.15, 0.2) is 0 Å². The average molecular weight is 182 g/mol. The number of hydroxylamine groups is 1. The molecule has 0 aromatic carbocycles. The predicted octanol–water partition coefficient (Wildman–Crippen LogP) is -0.168. The van der Waals surface area contributed by atoms with Gasteiger partial charge in [-0.3, -0.25) is 10.0 Å². The molecule has 1 amide bonds. The molecule has 0 saturated heterocycles. The summed E-state index contributed by atoms with van der Waals surface area (Å²) in [6, 6.07) is 0. The van der Waals surface area contributed by atoms with Gasteiger partial charge >= 0.3 is 0 Å². The van der Waals surface area contributed by atoms with E-state index >= 15 is 0 Å². The molecule has 0 heterocycles. The fourth-order valence-corrected chi connectivity index (χ4v) is 1.92. The highest BCUT2D eigenvalue weighted by Crippen LogP contribution is 2.19. The highest BCUT2D eigenvalue weighted by atomic mass is 33.1. The monoisotopic (exact) mass is 182 g/mol. The van der Waals surface area contributed by atoms with E-state index in [2.05, 4.69) is 0 Å². The molecule has 0 fully saturated rings. The van der Waals surface area contributed by atoms with Crippen molar-refractivity contribution >= 4 is 27.5 Å². The summed E-state index contributed by atoms with van der Waals surface area (Å²) >= 11 is 0. The van der Waals surface area contributed by atoms with Gasteiger partial charge in [0.1, 0.15) is 0 Å². The second kappa shape index (κ2) is 7.20. The van der Waals surface area contributed by atoms with Crippen molar-refractivity contribution in [2.24, 2.45) is 5.73 Å². The Morgan fingerprint density at radius 2 is 2.30 bits per heavy atom. The maximum Gasteiger partial charge on any atom is 0.254 e. The van der Waals surface area contributed by atoms with Crippen LogP contribution in [0, 0.1) is 0 Å². The molecule has 0 atom stereocenters. The van der Waals surface area contributed by atoms with E-state index in [1.165, 1.54) is 27.1 Å². The van der Waals surface area contributed by atoms with Gasteiger partial charge in [-0.2, -0.15) is 0 Å². The van der Waals surface area contributed by atoms with Crippen molar-refractivity contribution in [3.05, 3.63) is 0 Å². The van der Waals surface area contributed by atoms with Crippen molar-refractivity contribution in [1.29, 1.82) is 0 Å². The molecule has 0 aromatic rings. The Hall–Kier alpha value is 0.0900. The van der Waals surface area contributed by atoms with E-state index < -0.39 is 0 Å². The van der Waals surface area contributed by atoms with E-state index in [0.717, 1.165) is 5.75 Å². The molecule has 4 N–H and O–H groups in total. The summed E-state index contributed by atoms with van der Waals surface area (Å²) in [4.78, 5) is 10.3. The second-order valence-corrected chi connectivity index (χ2v) is 3.99. The Morgan fingerprint density at radius 3 is 2.80 bits per heavy atom. The summed E-state index contributed by atoms with van der Waals surface area (Å²) in [5, 5.41) is 8.04. The van der Waals surface area contributed by atoms with Crippen LogP contribution < -0.4 is 11.2 Å². The van der Waals surface area contributed by atoms with Gasteiger partial charge in [-0.15, -0.1) is 0 Å². The summed E-state index contributed by atoms with van der Waals surface area (Å²) in [6.07, 6.45) is 0. The van der Waals surface area contributed by atoms with Gasteiger partial charge in [-0.05, 0) is 0 Å². The number of hydrogen-bond donors (Lipinski definition) is 3. The normalized spacial score (nSPS) is 9.40. The molecule has 6 heteroatoms. The number of carbonyl (C=O) groups is 1. The van der Waals surface area contributed by atoms with Crippen molar-refractivity contribution in [3.63, 3.8) is 0 Å². The van der Waals surface area contributed by atoms with Crippen LogP contribution in [0.4, 0.5) is 0 Å². The number of amides is 1. The van der Waals surface area contributed by atoms with Crippen molar-refractivity contribution < 1.29 is 10.0 Å². The maximum absolute atomic E-state index is 10.3. The van der Waals surface area contributed by atoms with Crippen LogP contribution >= 0.6 is 21.6 Å². The van der Waals surface area contributed by atoms with Gasteiger partial charge in [0.25, 0.3) is 5.91 Å². The van der Waals surface area contributed by atoms with Gasteiger partial charge in [0.15, 0.2) is 0 Å². The molecular formula is C4H10N2O2S2. The average Bonchev–Trinajstić information content (AvgIpc) is 1.98. The number of rotatable bonds is 5. The molecule has 4 nitrogen and oxygen atoms in total. The first kappa shape index (κ1) is 10.1. The smallest absolute Gasteiger partial charge is 0.254 e. The van der Waals surface area contributed by atoms with Crippen LogP contribution in [0.3, 0.4) is 0 Å². The molecule has 0 unspecified atom stereocenters. The van der Waals surface area contributed by atoms with Gasteiger partial charge in [0, 0.05) is 12.3 Å². The Labute approximate surface area is 67.3 Å². The zero-order valence-electron chi connectivity index (χ0n) is 5.37. The van der Waals surface area contributed by atoms with Crippen LogP contribution in [0.2, 0.25) is 0 Å². The fraction of sp³-hybridized carbons (Fsp3) is 0.750. The van der Waals surface area contributed by atoms with Crippen LogP contribution in [-0.2, 0) is 4.79 Å². The quantitative estimate of drug-likeness (QED) is 0.238. The van der Waals surface area contributed by atoms with Gasteiger partial charge < -0.3 is 5.73 Å². The molecule has 0 rings (SSSR count). The molecule has 0 aliphatic rings. The molecule has 10 heavy (non-hydrogen) atoms. The van der Waals surface area contributed by atoms with Crippen LogP contribution in [0.25, 0.3) is 0 Å². The summed E-state index contributed by atoms with van der Waals surface area (Å²) in [7, 11) is 2.89. The van der Waals surface area contributed by atoms with Crippen LogP contribution in [0.1, 0.15) is 0 Å². The Bertz CT molecular complexity index is 101. The van der Waals surface area contributed by atoms with E-state index in [0.29, 0.717) is 6.54 Å². The molecule has 0 spiro atoms. The van der Waals surface area contributed by atoms with Gasteiger partial charge in [-0.1, -0.05) is 21.6 Å². The van der Waals surface area contributed by atoms with Gasteiger partial charge in [0.2, 0.25) is 0 Å². The van der Waals surface area contributed by atoms with Crippen molar-refractivity contribution in [2.75, 3.05) is 18.1 Å². The molecule has 0 bridgehead atoms. The molecule has 0 aliphatic carbocycles. The standard InChI is InChI=1S/C4H10N2O2S2/c5-1-2-9-10-3-4(7)6-8/h8H,1-3,5H2,(H,6,7). The third-order valence-electron chi connectivity index (χ3n) is 0.599. The lowest BCUT2D eigenvalue weighted by molar-refractivity contribution is -0.126. The highest BCUT2D eigenvalue weighted by molar-refractivity contribution is 8.76.